The molecule has 4 rings (SSSR count). The van der Waals surface area contributed by atoms with Crippen molar-refractivity contribution in [3.63, 3.8) is 0 Å². The number of primary amides is 1. The maximum atomic E-state index is 13.2. The summed E-state index contributed by atoms with van der Waals surface area (Å²) in [5.41, 5.74) is 8.08. The summed E-state index contributed by atoms with van der Waals surface area (Å²) in [6.45, 7) is 1.14. The number of fused-ring (bicyclic) bond motifs is 1. The highest BCUT2D eigenvalue weighted by atomic mass is 16.5. The van der Waals surface area contributed by atoms with Crippen molar-refractivity contribution in [3.05, 3.63) is 89.8 Å². The SMILES string of the molecule is COc1cc(/C=C/C(=O)N2CCn3cccc3C2c2ccccc2)ccc1OCC(N)=O. The molecule has 2 aromatic carbocycles. The van der Waals surface area contributed by atoms with Gasteiger partial charge in [-0.2, -0.15) is 0 Å². The Morgan fingerprint density at radius 3 is 2.62 bits per heavy atom. The van der Waals surface area contributed by atoms with Gasteiger partial charge in [-0.1, -0.05) is 36.4 Å². The molecule has 164 valence electrons. The summed E-state index contributed by atoms with van der Waals surface area (Å²) in [5.74, 6) is 0.233. The number of nitrogens with two attached hydrogens (primary N) is 1. The van der Waals surface area contributed by atoms with E-state index in [2.05, 4.69) is 16.8 Å². The van der Waals surface area contributed by atoms with Crippen LogP contribution in [-0.4, -0.2) is 41.5 Å². The number of hydrogen-bond donors (Lipinski definition) is 1. The van der Waals surface area contributed by atoms with E-state index in [1.54, 1.807) is 30.4 Å². The molecule has 2 heterocycles. The molecule has 0 saturated carbocycles. The van der Waals surface area contributed by atoms with Crippen molar-refractivity contribution in [1.82, 2.24) is 9.47 Å². The molecule has 0 radical (unpaired) electrons. The van der Waals surface area contributed by atoms with E-state index >= 15 is 0 Å². The third-order valence-corrected chi connectivity index (χ3v) is 5.41. The lowest BCUT2D eigenvalue weighted by molar-refractivity contribution is -0.128. The molecule has 2 amide bonds. The van der Waals surface area contributed by atoms with Crippen LogP contribution < -0.4 is 15.2 Å². The topological polar surface area (TPSA) is 86.8 Å². The summed E-state index contributed by atoms with van der Waals surface area (Å²) in [6.07, 6.45) is 5.38. The van der Waals surface area contributed by atoms with Crippen LogP contribution in [0.4, 0.5) is 0 Å². The summed E-state index contributed by atoms with van der Waals surface area (Å²) >= 11 is 0. The van der Waals surface area contributed by atoms with Crippen molar-refractivity contribution < 1.29 is 19.1 Å². The molecule has 32 heavy (non-hydrogen) atoms. The van der Waals surface area contributed by atoms with Crippen molar-refractivity contribution in [2.24, 2.45) is 5.73 Å². The first kappa shape index (κ1) is 21.2. The van der Waals surface area contributed by atoms with E-state index in [9.17, 15) is 9.59 Å². The number of rotatable bonds is 7. The zero-order valence-electron chi connectivity index (χ0n) is 17.8. The van der Waals surface area contributed by atoms with E-state index in [4.69, 9.17) is 15.2 Å². The van der Waals surface area contributed by atoms with E-state index < -0.39 is 5.91 Å². The molecule has 7 nitrogen and oxygen atoms in total. The van der Waals surface area contributed by atoms with E-state index in [0.717, 1.165) is 23.4 Å². The third kappa shape index (κ3) is 4.51. The van der Waals surface area contributed by atoms with Crippen LogP contribution in [0.2, 0.25) is 0 Å². The maximum absolute atomic E-state index is 13.2. The minimum Gasteiger partial charge on any atom is -0.493 e. The maximum Gasteiger partial charge on any atom is 0.255 e. The average molecular weight is 431 g/mol. The quantitative estimate of drug-likeness (QED) is 0.583. The average Bonchev–Trinajstić information content (AvgIpc) is 3.30. The van der Waals surface area contributed by atoms with Gasteiger partial charge in [0.15, 0.2) is 18.1 Å². The normalized spacial score (nSPS) is 15.4. The van der Waals surface area contributed by atoms with Gasteiger partial charge < -0.3 is 24.7 Å². The molecular weight excluding hydrogens is 406 g/mol. The smallest absolute Gasteiger partial charge is 0.255 e. The predicted octanol–water partition coefficient (Wildman–Crippen LogP) is 3.01. The second kappa shape index (κ2) is 9.43. The standard InChI is InChI=1S/C25H25N3O4/c1-31-22-16-18(9-11-21(22)32-17-23(26)29)10-12-24(30)28-15-14-27-13-5-8-20(27)25(28)19-6-3-2-4-7-19/h2-13,16,25H,14-15,17H2,1H3,(H2,26,29)/b12-10+. The van der Waals surface area contributed by atoms with E-state index in [-0.39, 0.29) is 18.6 Å². The van der Waals surface area contributed by atoms with Gasteiger partial charge in [-0.3, -0.25) is 9.59 Å². The lowest BCUT2D eigenvalue weighted by Crippen LogP contribution is -2.41. The lowest BCUT2D eigenvalue weighted by atomic mass is 10.00. The monoisotopic (exact) mass is 431 g/mol. The Morgan fingerprint density at radius 2 is 1.88 bits per heavy atom. The molecule has 2 N–H and O–H groups in total. The van der Waals surface area contributed by atoms with Crippen LogP contribution in [0.15, 0.2) is 72.9 Å². The molecule has 0 bridgehead atoms. The van der Waals surface area contributed by atoms with Crippen molar-refractivity contribution in [1.29, 1.82) is 0 Å². The molecule has 1 unspecified atom stereocenters. The molecule has 3 aromatic rings. The van der Waals surface area contributed by atoms with Crippen LogP contribution in [0, 0.1) is 0 Å². The predicted molar refractivity (Wildman–Crippen MR) is 121 cm³/mol. The van der Waals surface area contributed by atoms with Crippen LogP contribution >= 0.6 is 0 Å². The minimum absolute atomic E-state index is 0.0701. The fraction of sp³-hybridized carbons (Fsp3) is 0.200. The highest BCUT2D eigenvalue weighted by Crippen LogP contribution is 2.33. The van der Waals surface area contributed by atoms with Crippen molar-refractivity contribution in [3.8, 4) is 11.5 Å². The summed E-state index contributed by atoms with van der Waals surface area (Å²) in [7, 11) is 1.51. The first-order valence-electron chi connectivity index (χ1n) is 10.3. The fourth-order valence-corrected chi connectivity index (χ4v) is 3.93. The Balaban J connectivity index is 1.56. The van der Waals surface area contributed by atoms with Crippen LogP contribution in [0.1, 0.15) is 22.9 Å². The number of nitrogens with zero attached hydrogens (tertiary/aromatic N) is 2. The molecule has 0 aliphatic carbocycles. The number of hydrogen-bond acceptors (Lipinski definition) is 4. The van der Waals surface area contributed by atoms with Crippen LogP contribution in [0.25, 0.3) is 6.08 Å². The van der Waals surface area contributed by atoms with Gasteiger partial charge >= 0.3 is 0 Å². The summed E-state index contributed by atoms with van der Waals surface area (Å²) in [4.78, 5) is 26.1. The number of aromatic nitrogens is 1. The Bertz CT molecular complexity index is 1140. The largest absolute Gasteiger partial charge is 0.493 e. The van der Waals surface area contributed by atoms with Gasteiger partial charge in [-0.05, 0) is 41.5 Å². The number of benzene rings is 2. The Hall–Kier alpha value is -4.00. The van der Waals surface area contributed by atoms with E-state index in [1.807, 2.05) is 41.3 Å². The van der Waals surface area contributed by atoms with Crippen LogP contribution in [0.3, 0.4) is 0 Å². The van der Waals surface area contributed by atoms with Gasteiger partial charge in [0.2, 0.25) is 5.91 Å². The molecule has 0 fully saturated rings. The zero-order valence-corrected chi connectivity index (χ0v) is 17.8. The van der Waals surface area contributed by atoms with Gasteiger partial charge in [-0.15, -0.1) is 0 Å². The zero-order chi connectivity index (χ0) is 22.5. The Morgan fingerprint density at radius 1 is 1.06 bits per heavy atom. The van der Waals surface area contributed by atoms with Crippen molar-refractivity contribution in [2.75, 3.05) is 20.3 Å². The number of methoxy groups -OCH3 is 1. The molecule has 1 aliphatic heterocycles. The third-order valence-electron chi connectivity index (χ3n) is 5.41. The lowest BCUT2D eigenvalue weighted by Gasteiger charge is -2.36. The fourth-order valence-electron chi connectivity index (χ4n) is 3.93. The first-order chi connectivity index (χ1) is 15.6. The molecule has 7 heteroatoms. The van der Waals surface area contributed by atoms with Gasteiger partial charge in [0.25, 0.3) is 5.91 Å². The second-order valence-corrected chi connectivity index (χ2v) is 7.47. The van der Waals surface area contributed by atoms with Crippen molar-refractivity contribution in [2.45, 2.75) is 12.6 Å². The van der Waals surface area contributed by atoms with Gasteiger partial charge in [-0.25, -0.2) is 0 Å². The summed E-state index contributed by atoms with van der Waals surface area (Å²) in [6, 6.07) is 19.2. The molecule has 1 atom stereocenters. The molecular formula is C25H25N3O4. The molecule has 1 aromatic heterocycles. The van der Waals surface area contributed by atoms with E-state index in [0.29, 0.717) is 18.0 Å². The molecule has 1 aliphatic rings. The van der Waals surface area contributed by atoms with E-state index in [1.165, 1.54) is 7.11 Å². The number of carbonyl (C=O) groups is 2. The highest BCUT2D eigenvalue weighted by molar-refractivity contribution is 5.92. The van der Waals surface area contributed by atoms with Crippen molar-refractivity contribution >= 4 is 17.9 Å². The summed E-state index contributed by atoms with van der Waals surface area (Å²) in [5, 5.41) is 0. The first-order valence-corrected chi connectivity index (χ1v) is 10.3. The summed E-state index contributed by atoms with van der Waals surface area (Å²) < 4.78 is 12.9. The highest BCUT2D eigenvalue weighted by Gasteiger charge is 2.30. The number of ether oxygens (including phenoxy) is 2. The number of amides is 2. The number of carbonyl (C=O) groups excluding carboxylic acids is 2. The second-order valence-electron chi connectivity index (χ2n) is 7.47. The van der Waals surface area contributed by atoms with Crippen LogP contribution in [-0.2, 0) is 16.1 Å². The van der Waals surface area contributed by atoms with Gasteiger partial charge in [0, 0.05) is 31.1 Å². The molecule has 0 saturated heterocycles. The van der Waals surface area contributed by atoms with Gasteiger partial charge in [0.05, 0.1) is 13.2 Å². The Kier molecular flexibility index (Phi) is 6.26. The Labute approximate surface area is 186 Å². The van der Waals surface area contributed by atoms with Gasteiger partial charge in [0.1, 0.15) is 0 Å². The minimum atomic E-state index is -0.567. The molecule has 0 spiro atoms. The van der Waals surface area contributed by atoms with Crippen LogP contribution in [0.5, 0.6) is 11.5 Å².